The van der Waals surface area contributed by atoms with Gasteiger partial charge in [0.1, 0.15) is 5.75 Å². The van der Waals surface area contributed by atoms with Crippen LogP contribution in [0.15, 0.2) is 77.7 Å². The first-order chi connectivity index (χ1) is 12.8. The molecule has 7 heteroatoms. The van der Waals surface area contributed by atoms with E-state index in [4.69, 9.17) is 9.66 Å². The van der Waals surface area contributed by atoms with E-state index in [0.29, 0.717) is 11.3 Å². The van der Waals surface area contributed by atoms with Crippen molar-refractivity contribution in [3.05, 3.63) is 95.1 Å². The van der Waals surface area contributed by atoms with Gasteiger partial charge in [-0.05, 0) is 30.3 Å². The Morgan fingerprint density at radius 3 is 1.59 bits per heavy atom. The molecule has 2 N–H and O–H groups in total. The lowest BCUT2D eigenvalue weighted by Crippen LogP contribution is -2.21. The fraction of sp³-hybridized carbons (Fsp3) is 0. The SMILES string of the molecule is O=C1c2ccccc2C(=O)c2cc(S(=O)(=O)O)ccc21.Oc1ccccc1. The Morgan fingerprint density at radius 2 is 1.11 bits per heavy atom. The molecule has 0 aromatic heterocycles. The van der Waals surface area contributed by atoms with E-state index in [-0.39, 0.29) is 22.5 Å². The number of rotatable bonds is 1. The molecule has 0 heterocycles. The summed E-state index contributed by atoms with van der Waals surface area (Å²) >= 11 is 0. The molecule has 0 radical (unpaired) electrons. The summed E-state index contributed by atoms with van der Waals surface area (Å²) in [5.74, 6) is -0.444. The molecule has 0 saturated heterocycles. The first-order valence-electron chi connectivity index (χ1n) is 7.83. The minimum absolute atomic E-state index is 0.0103. The number of fused-ring (bicyclic) bond motifs is 2. The van der Waals surface area contributed by atoms with E-state index < -0.39 is 20.8 Å². The van der Waals surface area contributed by atoms with Crippen molar-refractivity contribution in [2.75, 3.05) is 0 Å². The molecule has 3 aromatic rings. The van der Waals surface area contributed by atoms with Crippen molar-refractivity contribution in [3.63, 3.8) is 0 Å². The van der Waals surface area contributed by atoms with Crippen LogP contribution in [0, 0.1) is 0 Å². The number of benzene rings is 3. The second-order valence-corrected chi connectivity index (χ2v) is 7.14. The smallest absolute Gasteiger partial charge is 0.294 e. The molecule has 136 valence electrons. The average Bonchev–Trinajstić information content (AvgIpc) is 2.66. The molecule has 0 amide bonds. The molecule has 0 fully saturated rings. The van der Waals surface area contributed by atoms with Crippen LogP contribution in [0.2, 0.25) is 0 Å². The molecule has 3 aromatic carbocycles. The highest BCUT2D eigenvalue weighted by Gasteiger charge is 2.30. The zero-order valence-corrected chi connectivity index (χ0v) is 14.7. The summed E-state index contributed by atoms with van der Waals surface area (Å²) in [6, 6.07) is 18.4. The summed E-state index contributed by atoms with van der Waals surface area (Å²) in [7, 11) is -4.42. The maximum Gasteiger partial charge on any atom is 0.294 e. The highest BCUT2D eigenvalue weighted by molar-refractivity contribution is 7.85. The van der Waals surface area contributed by atoms with Gasteiger partial charge in [-0.25, -0.2) is 0 Å². The van der Waals surface area contributed by atoms with Gasteiger partial charge in [0.2, 0.25) is 0 Å². The van der Waals surface area contributed by atoms with Crippen LogP contribution >= 0.6 is 0 Å². The molecule has 0 bridgehead atoms. The van der Waals surface area contributed by atoms with Gasteiger partial charge in [0.25, 0.3) is 10.1 Å². The van der Waals surface area contributed by atoms with Crippen molar-refractivity contribution in [2.45, 2.75) is 4.90 Å². The number of para-hydroxylation sites is 1. The zero-order chi connectivity index (χ0) is 19.6. The molecular formula is C20H14O6S. The lowest BCUT2D eigenvalue weighted by molar-refractivity contribution is 0.0979. The zero-order valence-electron chi connectivity index (χ0n) is 13.9. The van der Waals surface area contributed by atoms with Crippen LogP contribution < -0.4 is 0 Å². The van der Waals surface area contributed by atoms with Crippen LogP contribution in [0.4, 0.5) is 0 Å². The van der Waals surface area contributed by atoms with Gasteiger partial charge in [0.05, 0.1) is 4.90 Å². The van der Waals surface area contributed by atoms with Crippen LogP contribution in [0.25, 0.3) is 0 Å². The number of carbonyl (C=O) groups is 2. The second-order valence-electron chi connectivity index (χ2n) is 5.72. The molecule has 0 saturated carbocycles. The van der Waals surface area contributed by atoms with E-state index in [0.717, 1.165) is 12.1 Å². The lowest BCUT2D eigenvalue weighted by atomic mass is 9.84. The summed E-state index contributed by atoms with van der Waals surface area (Å²) in [5, 5.41) is 8.63. The fourth-order valence-electron chi connectivity index (χ4n) is 2.67. The van der Waals surface area contributed by atoms with Gasteiger partial charge in [-0.2, -0.15) is 8.42 Å². The van der Waals surface area contributed by atoms with Crippen molar-refractivity contribution >= 4 is 21.7 Å². The Morgan fingerprint density at radius 1 is 0.630 bits per heavy atom. The van der Waals surface area contributed by atoms with E-state index in [1.807, 2.05) is 6.07 Å². The Labute approximate surface area is 155 Å². The number of phenols is 1. The Bertz CT molecular complexity index is 1130. The molecule has 6 nitrogen and oxygen atoms in total. The van der Waals surface area contributed by atoms with E-state index in [1.54, 1.807) is 42.5 Å². The predicted octanol–water partition coefficient (Wildman–Crippen LogP) is 3.10. The summed E-state index contributed by atoms with van der Waals surface area (Å²) in [5.41, 5.74) is 0.659. The topological polar surface area (TPSA) is 109 Å². The Balaban J connectivity index is 0.000000253. The van der Waals surface area contributed by atoms with Crippen LogP contribution in [0.3, 0.4) is 0 Å². The molecule has 1 aliphatic rings. The monoisotopic (exact) mass is 382 g/mol. The van der Waals surface area contributed by atoms with Crippen molar-refractivity contribution < 1.29 is 27.7 Å². The minimum Gasteiger partial charge on any atom is -0.508 e. The normalized spacial score (nSPS) is 12.5. The van der Waals surface area contributed by atoms with Gasteiger partial charge < -0.3 is 5.11 Å². The first kappa shape index (κ1) is 18.5. The number of aromatic hydroxyl groups is 1. The van der Waals surface area contributed by atoms with Crippen LogP contribution in [0.5, 0.6) is 5.75 Å². The van der Waals surface area contributed by atoms with E-state index in [9.17, 15) is 18.0 Å². The number of hydrogen-bond acceptors (Lipinski definition) is 5. The number of carbonyl (C=O) groups excluding carboxylic acids is 2. The van der Waals surface area contributed by atoms with Crippen molar-refractivity contribution in [3.8, 4) is 5.75 Å². The molecule has 0 unspecified atom stereocenters. The molecule has 0 aliphatic heterocycles. The van der Waals surface area contributed by atoms with Gasteiger partial charge in [0.15, 0.2) is 11.6 Å². The highest BCUT2D eigenvalue weighted by Crippen LogP contribution is 2.28. The highest BCUT2D eigenvalue weighted by atomic mass is 32.2. The molecule has 0 spiro atoms. The molecule has 4 rings (SSSR count). The standard InChI is InChI=1S/C14H8O5S.C6H6O/c15-13-9-3-1-2-4-10(9)14(16)12-7-8(20(17,18)19)5-6-11(12)13;7-6-4-2-1-3-5-6/h1-7H,(H,17,18,19);1-5,7H. The van der Waals surface area contributed by atoms with Crippen molar-refractivity contribution in [1.82, 2.24) is 0 Å². The number of hydrogen-bond donors (Lipinski definition) is 2. The third-order valence-electron chi connectivity index (χ3n) is 3.95. The average molecular weight is 382 g/mol. The van der Waals surface area contributed by atoms with Crippen LogP contribution in [-0.2, 0) is 10.1 Å². The molecule has 27 heavy (non-hydrogen) atoms. The van der Waals surface area contributed by atoms with Gasteiger partial charge in [-0.1, -0.05) is 42.5 Å². The van der Waals surface area contributed by atoms with Gasteiger partial charge >= 0.3 is 0 Å². The third-order valence-corrected chi connectivity index (χ3v) is 4.80. The lowest BCUT2D eigenvalue weighted by Gasteiger charge is -2.17. The Kier molecular flexibility index (Phi) is 4.89. The third kappa shape index (κ3) is 3.79. The summed E-state index contributed by atoms with van der Waals surface area (Å²) in [6.45, 7) is 0. The summed E-state index contributed by atoms with van der Waals surface area (Å²) in [4.78, 5) is 24.1. The fourth-order valence-corrected chi connectivity index (χ4v) is 3.17. The van der Waals surface area contributed by atoms with E-state index in [1.165, 1.54) is 12.1 Å². The maximum absolute atomic E-state index is 12.3. The predicted molar refractivity (Wildman–Crippen MR) is 97.7 cm³/mol. The van der Waals surface area contributed by atoms with Crippen LogP contribution in [0.1, 0.15) is 31.8 Å². The minimum atomic E-state index is -4.42. The quantitative estimate of drug-likeness (QED) is 0.490. The first-order valence-corrected chi connectivity index (χ1v) is 9.27. The molecule has 1 aliphatic carbocycles. The van der Waals surface area contributed by atoms with Crippen molar-refractivity contribution in [2.24, 2.45) is 0 Å². The summed E-state index contributed by atoms with van der Waals surface area (Å²) in [6.07, 6.45) is 0. The van der Waals surface area contributed by atoms with E-state index >= 15 is 0 Å². The maximum atomic E-state index is 12.3. The van der Waals surface area contributed by atoms with Crippen LogP contribution in [-0.4, -0.2) is 29.6 Å². The summed E-state index contributed by atoms with van der Waals surface area (Å²) < 4.78 is 31.2. The molecule has 0 atom stereocenters. The van der Waals surface area contributed by atoms with E-state index in [2.05, 4.69) is 0 Å². The largest absolute Gasteiger partial charge is 0.508 e. The molecular weight excluding hydrogens is 368 g/mol. The number of ketones is 2. The van der Waals surface area contributed by atoms with Gasteiger partial charge in [-0.15, -0.1) is 0 Å². The van der Waals surface area contributed by atoms with Gasteiger partial charge in [0, 0.05) is 22.3 Å². The number of phenolic OH excluding ortho intramolecular Hbond substituents is 1. The Hall–Kier alpha value is -3.29. The van der Waals surface area contributed by atoms with Gasteiger partial charge in [-0.3, -0.25) is 14.1 Å². The van der Waals surface area contributed by atoms with Crippen molar-refractivity contribution in [1.29, 1.82) is 0 Å². The second kappa shape index (κ2) is 7.14.